The molecule has 168 valence electrons. The lowest BCUT2D eigenvalue weighted by atomic mass is 10.0. The van der Waals surface area contributed by atoms with E-state index in [1.165, 1.54) is 18.5 Å². The van der Waals surface area contributed by atoms with E-state index in [4.69, 9.17) is 4.74 Å². The van der Waals surface area contributed by atoms with Crippen molar-refractivity contribution in [2.45, 2.75) is 19.8 Å². The fourth-order valence-electron chi connectivity index (χ4n) is 4.96. The molecule has 0 unspecified atom stereocenters. The highest BCUT2D eigenvalue weighted by Gasteiger charge is 2.22. The lowest BCUT2D eigenvalue weighted by Crippen LogP contribution is -2.47. The van der Waals surface area contributed by atoms with Gasteiger partial charge in [-0.05, 0) is 66.9 Å². The average Bonchev–Trinajstić information content (AvgIpc) is 3.10. The number of ether oxygens (including phenoxy) is 1. The minimum absolute atomic E-state index is 0.00965. The number of aromatic amines is 1. The normalized spacial score (nSPS) is 17.3. The van der Waals surface area contributed by atoms with E-state index in [1.54, 1.807) is 0 Å². The average molecular weight is 433 g/mol. The van der Waals surface area contributed by atoms with Gasteiger partial charge in [0, 0.05) is 61.4 Å². The zero-order valence-electron chi connectivity index (χ0n) is 18.8. The van der Waals surface area contributed by atoms with Crippen molar-refractivity contribution in [2.24, 2.45) is 0 Å². The number of amides is 1. The van der Waals surface area contributed by atoms with Gasteiger partial charge in [-0.2, -0.15) is 0 Å². The molecule has 0 spiro atoms. The highest BCUT2D eigenvalue weighted by atomic mass is 16.5. The number of hydrogen-bond donors (Lipinski definition) is 2. The van der Waals surface area contributed by atoms with Crippen molar-refractivity contribution in [1.29, 1.82) is 0 Å². The lowest BCUT2D eigenvalue weighted by molar-refractivity contribution is 0.0957. The van der Waals surface area contributed by atoms with Crippen LogP contribution in [0.4, 0.5) is 0 Å². The number of rotatable bonds is 7. The summed E-state index contributed by atoms with van der Waals surface area (Å²) in [4.78, 5) is 21.0. The number of carbonyl (C=O) groups excluding carboxylic acids is 1. The number of hydrogen-bond acceptors (Lipinski definition) is 4. The summed E-state index contributed by atoms with van der Waals surface area (Å²) < 4.78 is 6.03. The van der Waals surface area contributed by atoms with E-state index >= 15 is 0 Å². The molecule has 0 bridgehead atoms. The highest BCUT2D eigenvalue weighted by Crippen LogP contribution is 2.34. The first kappa shape index (κ1) is 21.0. The molecule has 1 saturated heterocycles. The summed E-state index contributed by atoms with van der Waals surface area (Å²) in [5, 5.41) is 4.06. The minimum atomic E-state index is 0.00965. The van der Waals surface area contributed by atoms with Crippen LogP contribution in [-0.4, -0.2) is 73.1 Å². The van der Waals surface area contributed by atoms with Crippen LogP contribution in [0.25, 0.3) is 22.2 Å². The van der Waals surface area contributed by atoms with Crippen molar-refractivity contribution < 1.29 is 9.53 Å². The summed E-state index contributed by atoms with van der Waals surface area (Å²) in [5.41, 5.74) is 5.21. The Balaban J connectivity index is 1.24. The minimum Gasteiger partial charge on any atom is -0.492 e. The molecule has 2 aliphatic heterocycles. The van der Waals surface area contributed by atoms with Crippen LogP contribution >= 0.6 is 0 Å². The third kappa shape index (κ3) is 4.25. The lowest BCUT2D eigenvalue weighted by Gasteiger charge is -2.34. The number of aromatic nitrogens is 1. The summed E-state index contributed by atoms with van der Waals surface area (Å²) in [7, 11) is 0. The first-order valence-corrected chi connectivity index (χ1v) is 11.8. The molecular weight excluding hydrogens is 400 g/mol. The van der Waals surface area contributed by atoms with Gasteiger partial charge in [-0.25, -0.2) is 0 Å². The van der Waals surface area contributed by atoms with Gasteiger partial charge >= 0.3 is 0 Å². The van der Waals surface area contributed by atoms with E-state index in [-0.39, 0.29) is 5.91 Å². The first-order valence-electron chi connectivity index (χ1n) is 11.8. The SMILES string of the molecule is CCCN1CCN(CCOc2ccc(-c3[nH]c4cccc5c4c3CCNC5=O)cc2)CC1. The van der Waals surface area contributed by atoms with E-state index in [1.807, 2.05) is 30.3 Å². The summed E-state index contributed by atoms with van der Waals surface area (Å²) in [5.74, 6) is 0.910. The van der Waals surface area contributed by atoms with Crippen LogP contribution < -0.4 is 10.1 Å². The van der Waals surface area contributed by atoms with Crippen LogP contribution in [-0.2, 0) is 6.42 Å². The van der Waals surface area contributed by atoms with Gasteiger partial charge < -0.3 is 19.9 Å². The van der Waals surface area contributed by atoms with Crippen LogP contribution in [0, 0.1) is 0 Å². The van der Waals surface area contributed by atoms with E-state index < -0.39 is 0 Å². The monoisotopic (exact) mass is 432 g/mol. The molecule has 0 saturated carbocycles. The molecule has 0 radical (unpaired) electrons. The number of piperazine rings is 1. The third-order valence-electron chi connectivity index (χ3n) is 6.66. The molecule has 6 nitrogen and oxygen atoms in total. The Kier molecular flexibility index (Phi) is 6.14. The summed E-state index contributed by atoms with van der Waals surface area (Å²) in [6, 6.07) is 14.2. The second-order valence-corrected chi connectivity index (χ2v) is 8.77. The molecule has 1 amide bonds. The van der Waals surface area contributed by atoms with Crippen molar-refractivity contribution in [1.82, 2.24) is 20.1 Å². The maximum Gasteiger partial charge on any atom is 0.251 e. The topological polar surface area (TPSA) is 60.6 Å². The third-order valence-corrected chi connectivity index (χ3v) is 6.66. The largest absolute Gasteiger partial charge is 0.492 e. The first-order chi connectivity index (χ1) is 15.7. The van der Waals surface area contributed by atoms with E-state index in [9.17, 15) is 4.79 Å². The van der Waals surface area contributed by atoms with Gasteiger partial charge in [0.2, 0.25) is 0 Å². The van der Waals surface area contributed by atoms with Gasteiger partial charge in [0.05, 0.1) is 0 Å². The number of carbonyl (C=O) groups is 1. The van der Waals surface area contributed by atoms with Crippen LogP contribution in [0.5, 0.6) is 5.75 Å². The molecule has 1 aromatic heterocycles. The molecule has 2 aliphatic rings. The molecule has 3 aromatic rings. The Hall–Kier alpha value is -2.83. The van der Waals surface area contributed by atoms with Gasteiger partial charge in [-0.15, -0.1) is 0 Å². The predicted molar refractivity (Wildman–Crippen MR) is 128 cm³/mol. The summed E-state index contributed by atoms with van der Waals surface area (Å²) in [6.07, 6.45) is 2.05. The second kappa shape index (κ2) is 9.35. The van der Waals surface area contributed by atoms with E-state index in [2.05, 4.69) is 39.2 Å². The van der Waals surface area contributed by atoms with Gasteiger partial charge in [-0.1, -0.05) is 13.0 Å². The molecule has 0 atom stereocenters. The maximum absolute atomic E-state index is 12.4. The quantitative estimate of drug-likeness (QED) is 0.600. The number of benzene rings is 2. The highest BCUT2D eigenvalue weighted by molar-refractivity contribution is 6.10. The van der Waals surface area contributed by atoms with Crippen LogP contribution in [0.1, 0.15) is 29.3 Å². The van der Waals surface area contributed by atoms with E-state index in [0.29, 0.717) is 13.2 Å². The van der Waals surface area contributed by atoms with Gasteiger partial charge in [-0.3, -0.25) is 9.69 Å². The maximum atomic E-state index is 12.4. The fourth-order valence-corrected chi connectivity index (χ4v) is 4.96. The van der Waals surface area contributed by atoms with Crippen molar-refractivity contribution in [3.63, 3.8) is 0 Å². The summed E-state index contributed by atoms with van der Waals surface area (Å²) >= 11 is 0. The molecule has 32 heavy (non-hydrogen) atoms. The molecule has 3 heterocycles. The molecule has 1 fully saturated rings. The Morgan fingerprint density at radius 1 is 0.969 bits per heavy atom. The zero-order valence-corrected chi connectivity index (χ0v) is 18.8. The molecule has 2 N–H and O–H groups in total. The Labute approximate surface area is 189 Å². The predicted octanol–water partition coefficient (Wildman–Crippen LogP) is 3.53. The van der Waals surface area contributed by atoms with Gasteiger partial charge in [0.25, 0.3) is 5.91 Å². The molecule has 2 aromatic carbocycles. The molecule has 0 aliphatic carbocycles. The zero-order chi connectivity index (χ0) is 21.9. The van der Waals surface area contributed by atoms with Crippen LogP contribution in [0.2, 0.25) is 0 Å². The fraction of sp³-hybridized carbons (Fsp3) is 0.423. The number of H-pyrrole nitrogens is 1. The van der Waals surface area contributed by atoms with Gasteiger partial charge in [0.15, 0.2) is 0 Å². The number of nitrogens with zero attached hydrogens (tertiary/aromatic N) is 2. The Morgan fingerprint density at radius 3 is 2.47 bits per heavy atom. The molecule has 5 rings (SSSR count). The second-order valence-electron chi connectivity index (χ2n) is 8.77. The Bertz CT molecular complexity index is 1080. The van der Waals surface area contributed by atoms with Crippen molar-refractivity contribution in [2.75, 3.05) is 52.4 Å². The van der Waals surface area contributed by atoms with Crippen molar-refractivity contribution in [3.8, 4) is 17.0 Å². The Morgan fingerprint density at radius 2 is 1.72 bits per heavy atom. The molecule has 6 heteroatoms. The van der Waals surface area contributed by atoms with E-state index in [0.717, 1.165) is 72.6 Å². The van der Waals surface area contributed by atoms with Crippen molar-refractivity contribution >= 4 is 16.8 Å². The standard InChI is InChI=1S/C26H32N4O2/c1-2-12-29-13-15-30(16-14-29)17-18-32-20-8-6-19(7-9-20)25-21-10-11-27-26(31)22-4-3-5-23(28-25)24(21)22/h3-9,28H,2,10-18H2,1H3,(H,27,31). The number of nitrogens with one attached hydrogen (secondary N) is 2. The smallest absolute Gasteiger partial charge is 0.251 e. The van der Waals surface area contributed by atoms with Crippen LogP contribution in [0.3, 0.4) is 0 Å². The molecular formula is C26H32N4O2. The van der Waals surface area contributed by atoms with Crippen molar-refractivity contribution in [3.05, 3.63) is 53.6 Å². The summed E-state index contributed by atoms with van der Waals surface area (Å²) in [6.45, 7) is 10.4. The van der Waals surface area contributed by atoms with Crippen LogP contribution in [0.15, 0.2) is 42.5 Å². The van der Waals surface area contributed by atoms with Gasteiger partial charge in [0.1, 0.15) is 12.4 Å².